The summed E-state index contributed by atoms with van der Waals surface area (Å²) in [6, 6.07) is 21.9. The predicted molar refractivity (Wildman–Crippen MR) is 112 cm³/mol. The summed E-state index contributed by atoms with van der Waals surface area (Å²) in [4.78, 5) is 28.1. The molecule has 0 saturated carbocycles. The molecule has 28 heavy (non-hydrogen) atoms. The van der Waals surface area contributed by atoms with Crippen LogP contribution >= 0.6 is 11.8 Å². The van der Waals surface area contributed by atoms with Crippen LogP contribution in [-0.4, -0.2) is 9.91 Å². The van der Waals surface area contributed by atoms with Gasteiger partial charge in [-0.05, 0) is 30.7 Å². The molecule has 0 fully saturated rings. The van der Waals surface area contributed by atoms with Gasteiger partial charge < -0.3 is 4.98 Å². The van der Waals surface area contributed by atoms with E-state index in [-0.39, 0.29) is 11.2 Å². The number of H-pyrrole nitrogens is 1. The minimum atomic E-state index is -0.424. The number of aryl methyl sites for hydroxylation is 1. The van der Waals surface area contributed by atoms with Gasteiger partial charge in [-0.3, -0.25) is 14.9 Å². The van der Waals surface area contributed by atoms with Crippen LogP contribution in [0.25, 0.3) is 22.0 Å². The molecule has 4 aromatic rings. The lowest BCUT2D eigenvalue weighted by Gasteiger charge is -2.13. The number of rotatable bonds is 4. The number of nitro groups is 1. The van der Waals surface area contributed by atoms with Crippen LogP contribution in [0.1, 0.15) is 5.56 Å². The third kappa shape index (κ3) is 3.42. The fourth-order valence-corrected chi connectivity index (χ4v) is 4.07. The standard InChI is InChI=1S/C22H16N2O3S/c1-14-7-10-17(11-8-14)28-21-20(15-5-3-2-4-6-15)18-13-16(24(26)27)9-12-19(18)23-22(21)25/h2-13H,1H3,(H,23,25). The van der Waals surface area contributed by atoms with Crippen molar-refractivity contribution in [2.75, 3.05) is 0 Å². The van der Waals surface area contributed by atoms with Crippen LogP contribution in [0.15, 0.2) is 87.4 Å². The Morgan fingerprint density at radius 3 is 2.36 bits per heavy atom. The molecular weight excluding hydrogens is 372 g/mol. The van der Waals surface area contributed by atoms with E-state index in [0.717, 1.165) is 16.0 Å². The average molecular weight is 388 g/mol. The Hall–Kier alpha value is -3.38. The van der Waals surface area contributed by atoms with E-state index in [2.05, 4.69) is 4.98 Å². The maximum Gasteiger partial charge on any atom is 0.270 e. The smallest absolute Gasteiger partial charge is 0.270 e. The van der Waals surface area contributed by atoms with Gasteiger partial charge in [0.05, 0.1) is 9.82 Å². The van der Waals surface area contributed by atoms with Gasteiger partial charge in [0.2, 0.25) is 0 Å². The lowest BCUT2D eigenvalue weighted by atomic mass is 10.0. The van der Waals surface area contributed by atoms with Crippen molar-refractivity contribution >= 4 is 28.4 Å². The largest absolute Gasteiger partial charge is 0.321 e. The third-order valence-electron chi connectivity index (χ3n) is 4.47. The Morgan fingerprint density at radius 1 is 0.964 bits per heavy atom. The number of nitrogens with zero attached hydrogens (tertiary/aromatic N) is 1. The van der Waals surface area contributed by atoms with Gasteiger partial charge >= 0.3 is 0 Å². The summed E-state index contributed by atoms with van der Waals surface area (Å²) in [5.74, 6) is 0. The van der Waals surface area contributed by atoms with Gasteiger partial charge in [0, 0.05) is 33.5 Å². The van der Waals surface area contributed by atoms with Gasteiger partial charge in [0.15, 0.2) is 0 Å². The molecule has 3 aromatic carbocycles. The van der Waals surface area contributed by atoms with Crippen molar-refractivity contribution in [1.29, 1.82) is 0 Å². The van der Waals surface area contributed by atoms with Crippen molar-refractivity contribution in [3.8, 4) is 11.1 Å². The number of benzene rings is 3. The van der Waals surface area contributed by atoms with Crippen molar-refractivity contribution < 1.29 is 4.92 Å². The summed E-state index contributed by atoms with van der Waals surface area (Å²) in [5.41, 5.74) is 3.02. The number of nitro benzene ring substituents is 1. The maximum absolute atomic E-state index is 12.9. The van der Waals surface area contributed by atoms with E-state index >= 15 is 0 Å². The molecule has 1 N–H and O–H groups in total. The van der Waals surface area contributed by atoms with Crippen LogP contribution in [0.5, 0.6) is 0 Å². The molecule has 4 rings (SSSR count). The summed E-state index contributed by atoms with van der Waals surface area (Å²) in [5, 5.41) is 11.9. The SMILES string of the molecule is Cc1ccc(Sc2c(-c3ccccc3)c3cc([N+](=O)[O-])ccc3[nH]c2=O)cc1. The number of aromatic amines is 1. The maximum atomic E-state index is 12.9. The van der Waals surface area contributed by atoms with E-state index in [4.69, 9.17) is 0 Å². The number of nitrogens with one attached hydrogen (secondary N) is 1. The molecule has 0 aliphatic rings. The number of fused-ring (bicyclic) bond motifs is 1. The summed E-state index contributed by atoms with van der Waals surface area (Å²) in [7, 11) is 0. The van der Waals surface area contributed by atoms with Crippen molar-refractivity contribution in [3.05, 3.63) is 98.8 Å². The third-order valence-corrected chi connectivity index (χ3v) is 5.57. The number of non-ortho nitro benzene ring substituents is 1. The van der Waals surface area contributed by atoms with E-state index in [9.17, 15) is 14.9 Å². The molecule has 0 amide bonds. The molecule has 0 saturated heterocycles. The van der Waals surface area contributed by atoms with E-state index in [1.54, 1.807) is 6.07 Å². The highest BCUT2D eigenvalue weighted by Gasteiger charge is 2.18. The number of aromatic nitrogens is 1. The molecule has 0 atom stereocenters. The first-order valence-electron chi connectivity index (χ1n) is 8.67. The average Bonchev–Trinajstić information content (AvgIpc) is 2.70. The van der Waals surface area contributed by atoms with Gasteiger partial charge in [-0.15, -0.1) is 0 Å². The molecule has 0 radical (unpaired) electrons. The van der Waals surface area contributed by atoms with Crippen LogP contribution in [0.4, 0.5) is 5.69 Å². The summed E-state index contributed by atoms with van der Waals surface area (Å²) >= 11 is 1.36. The second-order valence-electron chi connectivity index (χ2n) is 6.43. The predicted octanol–water partition coefficient (Wildman–Crippen LogP) is 5.56. The van der Waals surface area contributed by atoms with E-state index < -0.39 is 4.92 Å². The second-order valence-corrected chi connectivity index (χ2v) is 7.51. The normalized spacial score (nSPS) is 10.9. The fourth-order valence-electron chi connectivity index (χ4n) is 3.09. The molecule has 1 heterocycles. The summed E-state index contributed by atoms with van der Waals surface area (Å²) < 4.78 is 0. The lowest BCUT2D eigenvalue weighted by molar-refractivity contribution is -0.384. The Labute approximate surface area is 165 Å². The second kappa shape index (κ2) is 7.32. The first-order chi connectivity index (χ1) is 13.5. The highest BCUT2D eigenvalue weighted by molar-refractivity contribution is 7.99. The molecule has 0 bridgehead atoms. The van der Waals surface area contributed by atoms with Crippen molar-refractivity contribution in [2.45, 2.75) is 16.7 Å². The minimum Gasteiger partial charge on any atom is -0.321 e. The zero-order chi connectivity index (χ0) is 19.7. The zero-order valence-corrected chi connectivity index (χ0v) is 15.8. The fraction of sp³-hybridized carbons (Fsp3) is 0.0455. The van der Waals surface area contributed by atoms with E-state index in [0.29, 0.717) is 21.4 Å². The van der Waals surface area contributed by atoms with Crippen LogP contribution in [-0.2, 0) is 0 Å². The molecule has 0 spiro atoms. The van der Waals surface area contributed by atoms with Crippen molar-refractivity contribution in [3.63, 3.8) is 0 Å². The Balaban J connectivity index is 2.02. The highest BCUT2D eigenvalue weighted by atomic mass is 32.2. The molecule has 0 unspecified atom stereocenters. The molecule has 1 aromatic heterocycles. The van der Waals surface area contributed by atoms with Gasteiger partial charge in [-0.25, -0.2) is 0 Å². The first kappa shape index (κ1) is 18.0. The van der Waals surface area contributed by atoms with E-state index in [1.165, 1.54) is 23.9 Å². The first-order valence-corrected chi connectivity index (χ1v) is 9.49. The number of pyridine rings is 1. The van der Waals surface area contributed by atoms with Gasteiger partial charge in [0.25, 0.3) is 11.2 Å². The van der Waals surface area contributed by atoms with Crippen molar-refractivity contribution in [2.24, 2.45) is 0 Å². The van der Waals surface area contributed by atoms with Crippen LogP contribution in [0.2, 0.25) is 0 Å². The topological polar surface area (TPSA) is 76.0 Å². The molecule has 0 aliphatic carbocycles. The highest BCUT2D eigenvalue weighted by Crippen LogP contribution is 2.38. The van der Waals surface area contributed by atoms with Gasteiger partial charge in [0.1, 0.15) is 0 Å². The monoisotopic (exact) mass is 388 g/mol. The quantitative estimate of drug-likeness (QED) is 0.367. The van der Waals surface area contributed by atoms with Crippen LogP contribution in [0, 0.1) is 17.0 Å². The van der Waals surface area contributed by atoms with Gasteiger partial charge in [-0.2, -0.15) is 0 Å². The molecule has 138 valence electrons. The summed E-state index contributed by atoms with van der Waals surface area (Å²) in [6.45, 7) is 2.01. The van der Waals surface area contributed by atoms with Crippen molar-refractivity contribution in [1.82, 2.24) is 4.98 Å². The Morgan fingerprint density at radius 2 is 1.68 bits per heavy atom. The van der Waals surface area contributed by atoms with E-state index in [1.807, 2.05) is 61.5 Å². The number of hydrogen-bond acceptors (Lipinski definition) is 4. The van der Waals surface area contributed by atoms with Gasteiger partial charge in [-0.1, -0.05) is 59.8 Å². The summed E-state index contributed by atoms with van der Waals surface area (Å²) in [6.07, 6.45) is 0. The number of hydrogen-bond donors (Lipinski definition) is 1. The Bertz CT molecular complexity index is 1230. The Kier molecular flexibility index (Phi) is 4.71. The molecule has 6 heteroatoms. The van der Waals surface area contributed by atoms with Crippen LogP contribution in [0.3, 0.4) is 0 Å². The lowest BCUT2D eigenvalue weighted by Crippen LogP contribution is -2.10. The zero-order valence-electron chi connectivity index (χ0n) is 15.0. The molecular formula is C22H16N2O3S. The van der Waals surface area contributed by atoms with Crippen LogP contribution < -0.4 is 5.56 Å². The molecule has 0 aliphatic heterocycles. The minimum absolute atomic E-state index is 0.0111. The molecule has 5 nitrogen and oxygen atoms in total.